The number of hydrogen-bond donors (Lipinski definition) is 1. The van der Waals surface area contributed by atoms with Crippen LogP contribution in [0.4, 0.5) is 5.69 Å². The van der Waals surface area contributed by atoms with Crippen molar-refractivity contribution in [2.75, 3.05) is 51.9 Å². The van der Waals surface area contributed by atoms with Gasteiger partial charge in [-0.25, -0.2) is 14.5 Å². The van der Waals surface area contributed by atoms with Crippen molar-refractivity contribution in [1.29, 1.82) is 0 Å². The van der Waals surface area contributed by atoms with Gasteiger partial charge in [-0.15, -0.1) is 0 Å². The Labute approximate surface area is 202 Å². The predicted octanol–water partition coefficient (Wildman–Crippen LogP) is 0.988. The molecule has 2 aromatic heterocycles. The van der Waals surface area contributed by atoms with E-state index < -0.39 is 17.5 Å². The number of anilines is 1. The Morgan fingerprint density at radius 3 is 2.71 bits per heavy atom. The van der Waals surface area contributed by atoms with Crippen LogP contribution in [0.3, 0.4) is 0 Å². The molecule has 4 heterocycles. The average molecular weight is 476 g/mol. The molecule has 0 spiro atoms. The molecule has 2 fully saturated rings. The van der Waals surface area contributed by atoms with Gasteiger partial charge in [-0.2, -0.15) is 5.10 Å². The van der Waals surface area contributed by atoms with E-state index in [1.807, 2.05) is 12.1 Å². The van der Waals surface area contributed by atoms with Gasteiger partial charge in [0.15, 0.2) is 11.3 Å². The molecule has 0 radical (unpaired) electrons. The van der Waals surface area contributed by atoms with Crippen molar-refractivity contribution < 1.29 is 24.2 Å². The number of pyridine rings is 1. The summed E-state index contributed by atoms with van der Waals surface area (Å²) in [6.45, 7) is 3.19. The standard InChI is InChI=1S/C25H25N5O5/c1-28-9-8-25(33,24(28)32)7-6-17-4-3-5-18(14-17)30-22-20(21(27-30)23(31)34-2)15-19(16-26-22)29-10-12-35-13-11-29/h3-5,14-16,33H,8-13H2,1-2H3/t25-/m0/s1. The largest absolute Gasteiger partial charge is 0.464 e. The minimum absolute atomic E-state index is 0.162. The maximum Gasteiger partial charge on any atom is 0.359 e. The zero-order valence-electron chi connectivity index (χ0n) is 19.5. The molecule has 0 bridgehead atoms. The van der Waals surface area contributed by atoms with Crippen LogP contribution in [0.1, 0.15) is 22.5 Å². The maximum atomic E-state index is 12.5. The van der Waals surface area contributed by atoms with Gasteiger partial charge in [-0.05, 0) is 24.3 Å². The third kappa shape index (κ3) is 4.20. The van der Waals surface area contributed by atoms with Crippen LogP contribution in [0.25, 0.3) is 16.7 Å². The quantitative estimate of drug-likeness (QED) is 0.441. The molecule has 0 unspecified atom stereocenters. The van der Waals surface area contributed by atoms with Gasteiger partial charge in [0.2, 0.25) is 5.60 Å². The molecule has 10 nitrogen and oxygen atoms in total. The highest BCUT2D eigenvalue weighted by Crippen LogP contribution is 2.27. The number of ether oxygens (including phenoxy) is 2. The molecule has 0 saturated carbocycles. The summed E-state index contributed by atoms with van der Waals surface area (Å²) in [5.74, 6) is 4.68. The molecule has 180 valence electrons. The monoisotopic (exact) mass is 475 g/mol. The Kier molecular flexibility index (Phi) is 5.88. The molecule has 10 heteroatoms. The average Bonchev–Trinajstić information content (AvgIpc) is 3.41. The van der Waals surface area contributed by atoms with Crippen molar-refractivity contribution >= 4 is 28.6 Å². The van der Waals surface area contributed by atoms with E-state index in [2.05, 4.69) is 26.8 Å². The number of carbonyl (C=O) groups is 2. The number of methoxy groups -OCH3 is 1. The summed E-state index contributed by atoms with van der Waals surface area (Å²) in [4.78, 5) is 33.0. The normalized spacial score (nSPS) is 20.1. The van der Waals surface area contributed by atoms with Crippen LogP contribution in [0, 0.1) is 11.8 Å². The third-order valence-corrected chi connectivity index (χ3v) is 6.28. The number of nitrogens with zero attached hydrogens (tertiary/aromatic N) is 5. The van der Waals surface area contributed by atoms with Gasteiger partial charge in [0.05, 0.1) is 43.3 Å². The SMILES string of the molecule is COC(=O)c1nn(-c2cccc(C#C[C@]3(O)CCN(C)C3=O)c2)c2ncc(N3CCOCC3)cc12. The number of hydrogen-bond acceptors (Lipinski definition) is 8. The first kappa shape index (κ1) is 22.8. The number of carbonyl (C=O) groups excluding carboxylic acids is 2. The summed E-state index contributed by atoms with van der Waals surface area (Å²) in [6.07, 6.45) is 2.02. The zero-order chi connectivity index (χ0) is 24.6. The molecule has 1 atom stereocenters. The Hall–Kier alpha value is -3.94. The Morgan fingerprint density at radius 1 is 1.20 bits per heavy atom. The first-order chi connectivity index (χ1) is 16.9. The van der Waals surface area contributed by atoms with Crippen molar-refractivity contribution in [3.8, 4) is 17.5 Å². The summed E-state index contributed by atoms with van der Waals surface area (Å²) < 4.78 is 12.0. The number of benzene rings is 1. The van der Waals surface area contributed by atoms with Crippen LogP contribution in [-0.2, 0) is 14.3 Å². The summed E-state index contributed by atoms with van der Waals surface area (Å²) >= 11 is 0. The van der Waals surface area contributed by atoms with Crippen LogP contribution in [0.15, 0.2) is 36.5 Å². The van der Waals surface area contributed by atoms with Crippen molar-refractivity contribution in [3.05, 3.63) is 47.8 Å². The number of rotatable bonds is 3. The van der Waals surface area contributed by atoms with Crippen LogP contribution in [0.2, 0.25) is 0 Å². The van der Waals surface area contributed by atoms with Gasteiger partial charge in [-0.3, -0.25) is 4.79 Å². The number of amides is 1. The topological polar surface area (TPSA) is 110 Å². The molecule has 0 aliphatic carbocycles. The highest BCUT2D eigenvalue weighted by molar-refractivity contribution is 6.02. The Morgan fingerprint density at radius 2 is 2.00 bits per heavy atom. The molecule has 3 aromatic rings. The van der Waals surface area contributed by atoms with Gasteiger partial charge < -0.3 is 24.4 Å². The third-order valence-electron chi connectivity index (χ3n) is 6.28. The summed E-state index contributed by atoms with van der Waals surface area (Å²) in [6, 6.07) is 9.05. The van der Waals surface area contributed by atoms with Crippen molar-refractivity contribution in [1.82, 2.24) is 19.7 Å². The first-order valence-corrected chi connectivity index (χ1v) is 11.3. The Bertz CT molecular complexity index is 1370. The second kappa shape index (κ2) is 9.02. The molecular weight excluding hydrogens is 450 g/mol. The predicted molar refractivity (Wildman–Crippen MR) is 127 cm³/mol. The van der Waals surface area contributed by atoms with E-state index in [0.717, 1.165) is 18.8 Å². The molecule has 2 aliphatic heterocycles. The summed E-state index contributed by atoms with van der Waals surface area (Å²) in [5.41, 5.74) is 1.08. The van der Waals surface area contributed by atoms with Gasteiger partial charge >= 0.3 is 5.97 Å². The number of likely N-dealkylation sites (tertiary alicyclic amines) is 1. The lowest BCUT2D eigenvalue weighted by Crippen LogP contribution is -2.37. The number of morpholine rings is 1. The van der Waals surface area contributed by atoms with E-state index >= 15 is 0 Å². The fourth-order valence-electron chi connectivity index (χ4n) is 4.27. The smallest absolute Gasteiger partial charge is 0.359 e. The lowest BCUT2D eigenvalue weighted by molar-refractivity contribution is -0.137. The van der Waals surface area contributed by atoms with Crippen LogP contribution < -0.4 is 4.90 Å². The minimum atomic E-state index is -1.68. The van der Waals surface area contributed by atoms with E-state index in [1.54, 1.807) is 36.1 Å². The van der Waals surface area contributed by atoms with E-state index in [0.29, 0.717) is 42.0 Å². The fourth-order valence-corrected chi connectivity index (χ4v) is 4.27. The molecular formula is C25H25N5O5. The molecule has 2 saturated heterocycles. The lowest BCUT2D eigenvalue weighted by atomic mass is 10.0. The molecule has 2 aliphatic rings. The van der Waals surface area contributed by atoms with Gasteiger partial charge in [0.1, 0.15) is 0 Å². The minimum Gasteiger partial charge on any atom is -0.464 e. The first-order valence-electron chi connectivity index (χ1n) is 11.3. The number of aliphatic hydroxyl groups is 1. The second-order valence-corrected chi connectivity index (χ2v) is 8.55. The molecule has 35 heavy (non-hydrogen) atoms. The van der Waals surface area contributed by atoms with E-state index in [1.165, 1.54) is 12.0 Å². The van der Waals surface area contributed by atoms with Crippen molar-refractivity contribution in [3.63, 3.8) is 0 Å². The summed E-state index contributed by atoms with van der Waals surface area (Å²) in [5, 5.41) is 15.7. The van der Waals surface area contributed by atoms with E-state index in [-0.39, 0.29) is 12.1 Å². The number of likely N-dealkylation sites (N-methyl/N-ethyl adjacent to an activating group) is 1. The summed E-state index contributed by atoms with van der Waals surface area (Å²) in [7, 11) is 2.96. The zero-order valence-corrected chi connectivity index (χ0v) is 19.5. The molecule has 5 rings (SSSR count). The van der Waals surface area contributed by atoms with Crippen LogP contribution in [0.5, 0.6) is 0 Å². The number of esters is 1. The fraction of sp³-hybridized carbons (Fsp3) is 0.360. The molecule has 1 amide bonds. The van der Waals surface area contributed by atoms with E-state index in [9.17, 15) is 14.7 Å². The lowest BCUT2D eigenvalue weighted by Gasteiger charge is -2.28. The number of fused-ring (bicyclic) bond motifs is 1. The highest BCUT2D eigenvalue weighted by Gasteiger charge is 2.42. The van der Waals surface area contributed by atoms with Gasteiger partial charge in [0.25, 0.3) is 5.91 Å². The molecule has 1 aromatic carbocycles. The van der Waals surface area contributed by atoms with Crippen LogP contribution in [-0.4, -0.2) is 89.3 Å². The van der Waals surface area contributed by atoms with Crippen LogP contribution >= 0.6 is 0 Å². The Balaban J connectivity index is 1.54. The van der Waals surface area contributed by atoms with Gasteiger partial charge in [-0.1, -0.05) is 17.9 Å². The molecule has 1 N–H and O–H groups in total. The van der Waals surface area contributed by atoms with Crippen molar-refractivity contribution in [2.45, 2.75) is 12.0 Å². The van der Waals surface area contributed by atoms with E-state index in [4.69, 9.17) is 9.47 Å². The van der Waals surface area contributed by atoms with Gasteiger partial charge in [0, 0.05) is 38.7 Å². The number of aromatic nitrogens is 3. The highest BCUT2D eigenvalue weighted by atomic mass is 16.5. The second-order valence-electron chi connectivity index (χ2n) is 8.55. The van der Waals surface area contributed by atoms with Crippen molar-refractivity contribution in [2.24, 2.45) is 0 Å². The maximum absolute atomic E-state index is 12.5.